The molecule has 1 aliphatic rings. The van der Waals surface area contributed by atoms with Crippen molar-refractivity contribution in [2.75, 3.05) is 5.73 Å². The number of ether oxygens (including phenoxy) is 1. The Bertz CT molecular complexity index is 868. The lowest BCUT2D eigenvalue weighted by Crippen LogP contribution is -2.17. The molecule has 0 saturated carbocycles. The molecule has 1 fully saturated rings. The summed E-state index contributed by atoms with van der Waals surface area (Å²) in [4.78, 5) is 9.33. The monoisotopic (exact) mass is 345 g/mol. The second-order valence-electron chi connectivity index (χ2n) is 5.86. The van der Waals surface area contributed by atoms with E-state index in [1.54, 1.807) is 23.5 Å². The Morgan fingerprint density at radius 2 is 2.04 bits per heavy atom. The van der Waals surface area contributed by atoms with E-state index in [9.17, 15) is 9.50 Å². The highest BCUT2D eigenvalue weighted by atomic mass is 32.1. The summed E-state index contributed by atoms with van der Waals surface area (Å²) in [5.41, 5.74) is 7.35. The van der Waals surface area contributed by atoms with Crippen LogP contribution in [-0.2, 0) is 4.74 Å². The minimum atomic E-state index is -0.776. The third-order valence-electron chi connectivity index (χ3n) is 4.36. The molecule has 1 saturated heterocycles. The quantitative estimate of drug-likeness (QED) is 0.761. The normalized spacial score (nSPS) is 22.1. The van der Waals surface area contributed by atoms with E-state index in [4.69, 9.17) is 10.5 Å². The minimum absolute atomic E-state index is 0.123. The third kappa shape index (κ3) is 2.64. The van der Waals surface area contributed by atoms with Crippen LogP contribution in [-0.4, -0.2) is 21.2 Å². The number of halogens is 1. The van der Waals surface area contributed by atoms with Crippen LogP contribution in [0.25, 0.3) is 10.9 Å². The molecule has 0 bridgehead atoms. The Labute approximate surface area is 141 Å². The van der Waals surface area contributed by atoms with E-state index < -0.39 is 6.10 Å². The largest absolute Gasteiger partial charge is 0.386 e. The van der Waals surface area contributed by atoms with Gasteiger partial charge in [0, 0.05) is 5.38 Å². The lowest BCUT2D eigenvalue weighted by Gasteiger charge is -2.19. The molecule has 4 rings (SSSR count). The molecule has 0 radical (unpaired) electrons. The highest BCUT2D eigenvalue weighted by Gasteiger charge is 2.34. The van der Waals surface area contributed by atoms with Gasteiger partial charge in [-0.05, 0) is 30.5 Å². The average molecular weight is 345 g/mol. The van der Waals surface area contributed by atoms with E-state index >= 15 is 0 Å². The van der Waals surface area contributed by atoms with Crippen molar-refractivity contribution in [3.63, 3.8) is 0 Å². The molecule has 0 amide bonds. The zero-order valence-electron chi connectivity index (χ0n) is 12.7. The minimum Gasteiger partial charge on any atom is -0.386 e. The van der Waals surface area contributed by atoms with E-state index in [1.807, 2.05) is 5.38 Å². The van der Waals surface area contributed by atoms with Crippen molar-refractivity contribution >= 4 is 28.1 Å². The first-order valence-corrected chi connectivity index (χ1v) is 8.58. The number of rotatable bonds is 3. The zero-order valence-corrected chi connectivity index (χ0v) is 13.5. The van der Waals surface area contributed by atoms with Crippen LogP contribution in [0.1, 0.15) is 35.5 Å². The van der Waals surface area contributed by atoms with Gasteiger partial charge in [-0.25, -0.2) is 14.4 Å². The Morgan fingerprint density at radius 3 is 2.83 bits per heavy atom. The molecule has 124 valence electrons. The van der Waals surface area contributed by atoms with Crippen molar-refractivity contribution in [1.82, 2.24) is 9.97 Å². The maximum Gasteiger partial charge on any atom is 0.135 e. The molecule has 5 nitrogen and oxygen atoms in total. The van der Waals surface area contributed by atoms with Gasteiger partial charge in [-0.3, -0.25) is 0 Å². The van der Waals surface area contributed by atoms with Crippen LogP contribution in [0.15, 0.2) is 36.0 Å². The summed E-state index contributed by atoms with van der Waals surface area (Å²) in [6, 6.07) is 5.87. The molecule has 1 aliphatic heterocycles. The van der Waals surface area contributed by atoms with Gasteiger partial charge >= 0.3 is 0 Å². The molecule has 0 spiro atoms. The van der Waals surface area contributed by atoms with Crippen LogP contribution in [0.5, 0.6) is 0 Å². The summed E-state index contributed by atoms with van der Waals surface area (Å²) in [5, 5.41) is 13.3. The summed E-state index contributed by atoms with van der Waals surface area (Å²) in [6.45, 7) is 0. The van der Waals surface area contributed by atoms with E-state index in [-0.39, 0.29) is 18.0 Å². The fourth-order valence-corrected chi connectivity index (χ4v) is 4.17. The van der Waals surface area contributed by atoms with Gasteiger partial charge in [-0.15, -0.1) is 11.3 Å². The smallest absolute Gasteiger partial charge is 0.135 e. The number of benzene rings is 1. The molecule has 3 heterocycles. The molecule has 2 aromatic heterocycles. The Balaban J connectivity index is 1.55. The number of aliphatic hydroxyl groups excluding tert-OH is 1. The van der Waals surface area contributed by atoms with Crippen LogP contribution in [0.3, 0.4) is 0 Å². The standard InChI is InChI=1S/C17H16FN3O2S/c18-10-3-1-9(2-4-10)15(22)12-5-6-13(23-12)16-14-11(7-24-16)17(19)21-8-20-14/h1-4,7-8,12-13,15,22H,5-6H2,(H2,19,20,21). The number of hydrogen-bond acceptors (Lipinski definition) is 6. The first-order chi connectivity index (χ1) is 11.6. The van der Waals surface area contributed by atoms with Gasteiger partial charge in [0.25, 0.3) is 0 Å². The number of nitrogens with zero attached hydrogens (tertiary/aromatic N) is 2. The SMILES string of the molecule is Nc1ncnc2c(C3CCC(C(O)c4ccc(F)cc4)O3)scc12. The van der Waals surface area contributed by atoms with Crippen molar-refractivity contribution in [3.8, 4) is 0 Å². The highest BCUT2D eigenvalue weighted by molar-refractivity contribution is 7.11. The Hall–Kier alpha value is -2.09. The van der Waals surface area contributed by atoms with Gasteiger partial charge in [0.2, 0.25) is 0 Å². The number of anilines is 1. The zero-order chi connectivity index (χ0) is 16.7. The number of aliphatic hydroxyl groups is 1. The van der Waals surface area contributed by atoms with Crippen molar-refractivity contribution < 1.29 is 14.2 Å². The van der Waals surface area contributed by atoms with Crippen LogP contribution >= 0.6 is 11.3 Å². The van der Waals surface area contributed by atoms with E-state index in [0.717, 1.165) is 28.6 Å². The lowest BCUT2D eigenvalue weighted by molar-refractivity contribution is -0.0350. The molecule has 3 N–H and O–H groups in total. The first kappa shape index (κ1) is 15.4. The van der Waals surface area contributed by atoms with Crippen LogP contribution in [0, 0.1) is 5.82 Å². The maximum absolute atomic E-state index is 13.0. The fourth-order valence-electron chi connectivity index (χ4n) is 3.09. The number of nitrogen functional groups attached to an aromatic ring is 1. The average Bonchev–Trinajstić information content (AvgIpc) is 3.22. The molecular weight excluding hydrogens is 329 g/mol. The van der Waals surface area contributed by atoms with Gasteiger partial charge in [-0.2, -0.15) is 0 Å². The fraction of sp³-hybridized carbons (Fsp3) is 0.294. The molecule has 3 atom stereocenters. The topological polar surface area (TPSA) is 81.3 Å². The Kier molecular flexibility index (Phi) is 3.91. The summed E-state index contributed by atoms with van der Waals surface area (Å²) in [5.74, 6) is 0.141. The predicted octanol–water partition coefficient (Wildman–Crippen LogP) is 3.37. The maximum atomic E-state index is 13.0. The number of thiophene rings is 1. The number of nitrogens with two attached hydrogens (primary N) is 1. The van der Waals surface area contributed by atoms with Crippen molar-refractivity contribution in [2.24, 2.45) is 0 Å². The molecule has 3 aromatic rings. The summed E-state index contributed by atoms with van der Waals surface area (Å²) in [6.07, 6.45) is 1.75. The number of aromatic nitrogens is 2. The van der Waals surface area contributed by atoms with Crippen molar-refractivity contribution in [3.05, 3.63) is 52.2 Å². The molecule has 0 aliphatic carbocycles. The van der Waals surface area contributed by atoms with Gasteiger partial charge < -0.3 is 15.6 Å². The van der Waals surface area contributed by atoms with E-state index in [1.165, 1.54) is 18.5 Å². The second-order valence-corrected chi connectivity index (χ2v) is 6.77. The van der Waals surface area contributed by atoms with Crippen molar-refractivity contribution in [1.29, 1.82) is 0 Å². The molecule has 7 heteroatoms. The van der Waals surface area contributed by atoms with Crippen LogP contribution in [0.4, 0.5) is 10.2 Å². The Morgan fingerprint density at radius 1 is 1.25 bits per heavy atom. The molecular formula is C17H16FN3O2S. The summed E-state index contributed by atoms with van der Waals surface area (Å²) < 4.78 is 19.1. The number of fused-ring (bicyclic) bond motifs is 1. The van der Waals surface area contributed by atoms with Gasteiger partial charge in [-0.1, -0.05) is 12.1 Å². The molecule has 24 heavy (non-hydrogen) atoms. The molecule has 1 aromatic carbocycles. The lowest BCUT2D eigenvalue weighted by atomic mass is 10.0. The number of hydrogen-bond donors (Lipinski definition) is 2. The third-order valence-corrected chi connectivity index (χ3v) is 5.42. The van der Waals surface area contributed by atoms with Gasteiger partial charge in [0.1, 0.15) is 24.1 Å². The summed E-state index contributed by atoms with van der Waals surface area (Å²) >= 11 is 1.55. The van der Waals surface area contributed by atoms with Crippen LogP contribution in [0.2, 0.25) is 0 Å². The van der Waals surface area contributed by atoms with E-state index in [0.29, 0.717) is 11.4 Å². The highest BCUT2D eigenvalue weighted by Crippen LogP contribution is 2.42. The first-order valence-electron chi connectivity index (χ1n) is 7.70. The van der Waals surface area contributed by atoms with Crippen molar-refractivity contribution in [2.45, 2.75) is 31.2 Å². The molecule has 3 unspecified atom stereocenters. The predicted molar refractivity (Wildman–Crippen MR) is 90.0 cm³/mol. The van der Waals surface area contributed by atoms with Gasteiger partial charge in [0.05, 0.1) is 28.0 Å². The summed E-state index contributed by atoms with van der Waals surface area (Å²) in [7, 11) is 0. The van der Waals surface area contributed by atoms with Gasteiger partial charge in [0.15, 0.2) is 0 Å². The van der Waals surface area contributed by atoms with Crippen LogP contribution < -0.4 is 5.73 Å². The van der Waals surface area contributed by atoms with E-state index in [2.05, 4.69) is 9.97 Å². The second kappa shape index (κ2) is 6.08.